The van der Waals surface area contributed by atoms with E-state index >= 15 is 0 Å². The molecule has 0 aromatic rings. The number of carbonyl (C=O) groups excluding carboxylic acids is 2. The molecule has 1 N–H and O–H groups in total. The first-order valence-corrected chi connectivity index (χ1v) is 19.4. The molecule has 8 nitrogen and oxygen atoms in total. The average Bonchev–Trinajstić information content (AvgIpc) is 3.11. The van der Waals surface area contributed by atoms with Gasteiger partial charge >= 0.3 is 17.9 Å². The number of unbranched alkanes of at least 4 members (excludes halogenated alkanes) is 1. The molecule has 0 heterocycles. The summed E-state index contributed by atoms with van der Waals surface area (Å²) in [5.74, 6) is -1.72. The number of likely N-dealkylation sites (N-methyl/N-ethyl adjacent to an activating group) is 1. The molecule has 0 aromatic carbocycles. The van der Waals surface area contributed by atoms with Crippen LogP contribution >= 0.6 is 0 Å². The third-order valence-corrected chi connectivity index (χ3v) is 7.70. The maximum absolute atomic E-state index is 12.5. The second-order valence-corrected chi connectivity index (χ2v) is 13.4. The van der Waals surface area contributed by atoms with Gasteiger partial charge in [-0.1, -0.05) is 123 Å². The van der Waals surface area contributed by atoms with E-state index in [4.69, 9.17) is 14.2 Å². The highest BCUT2D eigenvalue weighted by Gasteiger charge is 2.31. The number of nitrogens with zero attached hydrogens (tertiary/aromatic N) is 1. The van der Waals surface area contributed by atoms with Crippen LogP contribution in [0.15, 0.2) is 109 Å². The van der Waals surface area contributed by atoms with Gasteiger partial charge in [-0.05, 0) is 70.6 Å². The molecule has 0 amide bonds. The summed E-state index contributed by atoms with van der Waals surface area (Å²) in [4.78, 5) is 36.7. The topological polar surface area (TPSA) is 99.1 Å². The van der Waals surface area contributed by atoms with Crippen LogP contribution in [0, 0.1) is 0 Å². The summed E-state index contributed by atoms with van der Waals surface area (Å²) in [7, 11) is 5.45. The molecule has 53 heavy (non-hydrogen) atoms. The SMILES string of the molecule is CC/C=C/C/C=C/C/C=C/C/C=C/C/C=C/C/C=C/CCCC(=O)OCC(COCCC(C(=O)O)[N+](C)(C)C)OC(=O)C/C=C/C/C=C/C/C=C/CC. The summed E-state index contributed by atoms with van der Waals surface area (Å²) in [5, 5.41) is 9.57. The monoisotopic (exact) mass is 737 g/mol. The van der Waals surface area contributed by atoms with Gasteiger partial charge in [-0.2, -0.15) is 0 Å². The quantitative estimate of drug-likeness (QED) is 0.0318. The second-order valence-electron chi connectivity index (χ2n) is 13.4. The number of esters is 2. The van der Waals surface area contributed by atoms with E-state index < -0.39 is 24.1 Å². The largest absolute Gasteiger partial charge is 0.477 e. The number of ether oxygens (including phenoxy) is 3. The van der Waals surface area contributed by atoms with Crippen molar-refractivity contribution in [3.63, 3.8) is 0 Å². The van der Waals surface area contributed by atoms with E-state index in [1.165, 1.54) is 0 Å². The van der Waals surface area contributed by atoms with Gasteiger partial charge in [0.25, 0.3) is 0 Å². The molecule has 296 valence electrons. The fourth-order valence-corrected chi connectivity index (χ4v) is 4.75. The smallest absolute Gasteiger partial charge is 0.362 e. The summed E-state index contributed by atoms with van der Waals surface area (Å²) in [5.41, 5.74) is 0. The first-order chi connectivity index (χ1) is 25.6. The number of rotatable bonds is 32. The highest BCUT2D eigenvalue weighted by Crippen LogP contribution is 2.10. The van der Waals surface area contributed by atoms with Gasteiger partial charge in [0, 0.05) is 12.8 Å². The Morgan fingerprint density at radius 3 is 1.45 bits per heavy atom. The lowest BCUT2D eigenvalue weighted by Crippen LogP contribution is -2.50. The van der Waals surface area contributed by atoms with Crippen LogP contribution in [0.25, 0.3) is 0 Å². The van der Waals surface area contributed by atoms with Gasteiger partial charge in [0.1, 0.15) is 6.61 Å². The molecular formula is C45H70NO7+. The predicted octanol–water partition coefficient (Wildman–Crippen LogP) is 10.1. The van der Waals surface area contributed by atoms with Gasteiger partial charge in [0.15, 0.2) is 12.1 Å². The van der Waals surface area contributed by atoms with Crippen molar-refractivity contribution < 1.29 is 38.2 Å². The van der Waals surface area contributed by atoms with Gasteiger partial charge in [-0.3, -0.25) is 9.59 Å². The Balaban J connectivity index is 4.53. The zero-order chi connectivity index (χ0) is 39.3. The van der Waals surface area contributed by atoms with E-state index in [1.807, 2.05) is 33.3 Å². The Morgan fingerprint density at radius 1 is 0.585 bits per heavy atom. The Hall–Kier alpha value is -4.01. The number of carboxylic acid groups (broad SMARTS) is 1. The van der Waals surface area contributed by atoms with Crippen molar-refractivity contribution >= 4 is 17.9 Å². The molecule has 0 aromatic heterocycles. The first kappa shape index (κ1) is 49.0. The molecule has 0 saturated carbocycles. The molecule has 0 spiro atoms. The van der Waals surface area contributed by atoms with Crippen molar-refractivity contribution in [2.75, 3.05) is 41.0 Å². The van der Waals surface area contributed by atoms with Gasteiger partial charge in [0.05, 0.1) is 40.8 Å². The standard InChI is InChI=1S/C45H69NO7/c1-6-8-10-12-14-16-17-18-19-20-21-22-23-24-25-26-28-29-31-33-35-43(47)52-40-41(39-51-38-37-42(45(49)50)46(3,4)5)53-44(48)36-34-32-30-27-15-13-11-9-7-2/h8-11,14-16,18-19,21-22,24-25,27-29,32,34,41-42H,6-7,12-13,17,20,23,26,30-31,33,35-40H2,1-5H3/p+1/b10-8+,11-9+,16-14+,19-18+,22-21+,25-24+,27-15+,29-28+,34-32+. The number of carboxylic acids is 1. The molecule has 0 aliphatic heterocycles. The number of quaternary nitrogens is 1. The maximum Gasteiger partial charge on any atom is 0.362 e. The summed E-state index contributed by atoms with van der Waals surface area (Å²) in [6.45, 7) is 4.28. The molecule has 0 radical (unpaired) electrons. The summed E-state index contributed by atoms with van der Waals surface area (Å²) >= 11 is 0. The van der Waals surface area contributed by atoms with Crippen LogP contribution in [0.1, 0.15) is 104 Å². The van der Waals surface area contributed by atoms with E-state index in [0.717, 1.165) is 57.8 Å². The first-order valence-electron chi connectivity index (χ1n) is 19.4. The summed E-state index contributed by atoms with van der Waals surface area (Å²) < 4.78 is 17.0. The fraction of sp³-hybridized carbons (Fsp3) is 0.533. The molecule has 0 bridgehead atoms. The van der Waals surface area contributed by atoms with Crippen molar-refractivity contribution in [3.8, 4) is 0 Å². The lowest BCUT2D eigenvalue weighted by Gasteiger charge is -2.31. The zero-order valence-corrected chi connectivity index (χ0v) is 33.4. The number of carbonyl (C=O) groups is 3. The average molecular weight is 737 g/mol. The van der Waals surface area contributed by atoms with Crippen LogP contribution in [0.4, 0.5) is 0 Å². The van der Waals surface area contributed by atoms with Gasteiger partial charge in [0.2, 0.25) is 0 Å². The molecule has 8 heteroatoms. The molecule has 2 atom stereocenters. The van der Waals surface area contributed by atoms with E-state index in [9.17, 15) is 19.5 Å². The zero-order valence-electron chi connectivity index (χ0n) is 33.4. The normalized spacial score (nSPS) is 14.2. The van der Waals surface area contributed by atoms with Crippen LogP contribution in [-0.4, -0.2) is 80.6 Å². The van der Waals surface area contributed by atoms with E-state index in [1.54, 1.807) is 6.08 Å². The molecule has 0 aliphatic carbocycles. The molecule has 0 saturated heterocycles. The van der Waals surface area contributed by atoms with E-state index in [2.05, 4.69) is 105 Å². The molecule has 0 aliphatic rings. The highest BCUT2D eigenvalue weighted by molar-refractivity contribution is 5.72. The van der Waals surface area contributed by atoms with Crippen molar-refractivity contribution in [1.82, 2.24) is 0 Å². The van der Waals surface area contributed by atoms with Gasteiger partial charge in [-0.15, -0.1) is 0 Å². The second kappa shape index (κ2) is 35.0. The number of hydrogen-bond donors (Lipinski definition) is 1. The predicted molar refractivity (Wildman–Crippen MR) is 219 cm³/mol. The molecule has 2 unspecified atom stereocenters. The lowest BCUT2D eigenvalue weighted by atomic mass is 10.1. The fourth-order valence-electron chi connectivity index (χ4n) is 4.75. The Bertz CT molecular complexity index is 1230. The Labute approximate surface area is 321 Å². The minimum atomic E-state index is -0.902. The van der Waals surface area contributed by atoms with E-state index in [0.29, 0.717) is 19.3 Å². The van der Waals surface area contributed by atoms with Crippen LogP contribution in [-0.2, 0) is 28.6 Å². The van der Waals surface area contributed by atoms with Crippen molar-refractivity contribution in [2.45, 2.75) is 116 Å². The van der Waals surface area contributed by atoms with E-state index in [-0.39, 0.29) is 43.1 Å². The van der Waals surface area contributed by atoms with Crippen molar-refractivity contribution in [3.05, 3.63) is 109 Å². The number of aliphatic carboxylic acids is 1. The minimum absolute atomic E-state index is 0.00122. The van der Waals surface area contributed by atoms with Crippen LogP contribution in [0.3, 0.4) is 0 Å². The Morgan fingerprint density at radius 2 is 1.02 bits per heavy atom. The Kier molecular flexibility index (Phi) is 32.4. The summed E-state index contributed by atoms with van der Waals surface area (Å²) in [6.07, 6.45) is 47.6. The van der Waals surface area contributed by atoms with Gasteiger partial charge < -0.3 is 23.8 Å². The van der Waals surface area contributed by atoms with Crippen LogP contribution in [0.5, 0.6) is 0 Å². The summed E-state index contributed by atoms with van der Waals surface area (Å²) in [6, 6.07) is -0.642. The number of allylic oxidation sites excluding steroid dienone is 17. The molecule has 0 fully saturated rings. The lowest BCUT2D eigenvalue weighted by molar-refractivity contribution is -0.887. The van der Waals surface area contributed by atoms with Crippen LogP contribution < -0.4 is 0 Å². The molecule has 0 rings (SSSR count). The third kappa shape index (κ3) is 33.6. The van der Waals surface area contributed by atoms with Crippen molar-refractivity contribution in [1.29, 1.82) is 0 Å². The van der Waals surface area contributed by atoms with Crippen LogP contribution in [0.2, 0.25) is 0 Å². The van der Waals surface area contributed by atoms with Gasteiger partial charge in [-0.25, -0.2) is 4.79 Å². The van der Waals surface area contributed by atoms with Crippen molar-refractivity contribution in [2.24, 2.45) is 0 Å². The highest BCUT2D eigenvalue weighted by atomic mass is 16.6. The third-order valence-electron chi connectivity index (χ3n) is 7.70. The molecular weight excluding hydrogens is 666 g/mol. The number of hydrogen-bond acceptors (Lipinski definition) is 6. The minimum Gasteiger partial charge on any atom is -0.477 e. The maximum atomic E-state index is 12.5.